The van der Waals surface area contributed by atoms with Gasteiger partial charge in [-0.3, -0.25) is 0 Å². The fraction of sp³-hybridized carbons (Fsp3) is 0.0851. The van der Waals surface area contributed by atoms with Crippen LogP contribution < -0.4 is 0 Å². The third kappa shape index (κ3) is 5.19. The number of aryl methyl sites for hydroxylation is 1. The molecule has 2 heterocycles. The highest BCUT2D eigenvalue weighted by Crippen LogP contribution is 2.42. The molecule has 4 nitrogen and oxygen atoms in total. The van der Waals surface area contributed by atoms with Crippen LogP contribution in [-0.2, 0) is 12.8 Å². The summed E-state index contributed by atoms with van der Waals surface area (Å²) in [5, 5.41) is 3.65. The Kier molecular flexibility index (Phi) is 7.05. The minimum atomic E-state index is 0.647. The molecule has 4 heteroatoms. The fourth-order valence-electron chi connectivity index (χ4n) is 7.78. The van der Waals surface area contributed by atoms with Crippen LogP contribution in [0.3, 0.4) is 0 Å². The summed E-state index contributed by atoms with van der Waals surface area (Å²) in [4.78, 5) is 15.4. The molecule has 2 aliphatic rings. The van der Waals surface area contributed by atoms with Crippen molar-refractivity contribution in [1.29, 1.82) is 0 Å². The molecule has 51 heavy (non-hydrogen) atoms. The van der Waals surface area contributed by atoms with E-state index in [1.807, 2.05) is 18.2 Å². The Hall–Kier alpha value is -6.39. The van der Waals surface area contributed by atoms with Crippen molar-refractivity contribution in [3.63, 3.8) is 0 Å². The Balaban J connectivity index is 1.14. The molecule has 2 aromatic heterocycles. The van der Waals surface area contributed by atoms with Crippen molar-refractivity contribution in [2.45, 2.75) is 25.7 Å². The lowest BCUT2D eigenvalue weighted by atomic mass is 9.85. The maximum Gasteiger partial charge on any atom is 0.164 e. The van der Waals surface area contributed by atoms with E-state index in [9.17, 15) is 0 Å². The highest BCUT2D eigenvalue weighted by Gasteiger charge is 2.23. The number of rotatable bonds is 5. The second-order valence-electron chi connectivity index (χ2n) is 13.4. The van der Waals surface area contributed by atoms with Crippen LogP contribution in [0.5, 0.6) is 0 Å². The van der Waals surface area contributed by atoms with Gasteiger partial charge in [-0.1, -0.05) is 133 Å². The predicted octanol–water partition coefficient (Wildman–Crippen LogP) is 12.0. The van der Waals surface area contributed by atoms with Gasteiger partial charge in [0.05, 0.1) is 0 Å². The summed E-state index contributed by atoms with van der Waals surface area (Å²) in [6.45, 7) is 0. The molecule has 0 amide bonds. The number of allylic oxidation sites excluding steroid dienone is 2. The van der Waals surface area contributed by atoms with E-state index in [-0.39, 0.29) is 0 Å². The van der Waals surface area contributed by atoms with Gasteiger partial charge < -0.3 is 4.42 Å². The van der Waals surface area contributed by atoms with Crippen LogP contribution in [0, 0.1) is 0 Å². The number of hydrogen-bond acceptors (Lipinski definition) is 4. The summed E-state index contributed by atoms with van der Waals surface area (Å²) in [6.07, 6.45) is 13.0. The van der Waals surface area contributed by atoms with Gasteiger partial charge in [0.25, 0.3) is 0 Å². The second-order valence-corrected chi connectivity index (χ2v) is 13.4. The van der Waals surface area contributed by atoms with Gasteiger partial charge >= 0.3 is 0 Å². The van der Waals surface area contributed by atoms with Gasteiger partial charge in [0.15, 0.2) is 17.5 Å². The molecule has 0 atom stereocenters. The maximum atomic E-state index is 6.40. The predicted molar refractivity (Wildman–Crippen MR) is 209 cm³/mol. The number of nitrogens with zero attached hydrogens (tertiary/aromatic N) is 3. The van der Waals surface area contributed by atoms with E-state index >= 15 is 0 Å². The molecule has 6 aromatic carbocycles. The van der Waals surface area contributed by atoms with Crippen molar-refractivity contribution >= 4 is 33.9 Å². The highest BCUT2D eigenvalue weighted by molar-refractivity contribution is 6.03. The molecule has 0 saturated carbocycles. The molecule has 0 unspecified atom stereocenters. The number of furan rings is 1. The third-order valence-corrected chi connectivity index (χ3v) is 10.3. The Morgan fingerprint density at radius 2 is 1.16 bits per heavy atom. The first kappa shape index (κ1) is 29.5. The van der Waals surface area contributed by atoms with E-state index in [1.165, 1.54) is 49.5 Å². The van der Waals surface area contributed by atoms with Crippen molar-refractivity contribution in [2.24, 2.45) is 0 Å². The molecule has 0 saturated heterocycles. The SMILES string of the molecule is C1=Cc2c(oc3cccc(-c4cc(-c5nc(-c6ccccc6)nc(-c6ccc(-c7cccc8ccccc78)cc6)n5)cc5c4CCC=C5)c23)CC1. The summed E-state index contributed by atoms with van der Waals surface area (Å²) in [6, 6.07) is 44.8. The van der Waals surface area contributed by atoms with Gasteiger partial charge in [0.1, 0.15) is 11.3 Å². The van der Waals surface area contributed by atoms with Gasteiger partial charge in [-0.25, -0.2) is 15.0 Å². The molecule has 0 aliphatic heterocycles. The fourth-order valence-corrected chi connectivity index (χ4v) is 7.78. The van der Waals surface area contributed by atoms with Gasteiger partial charge in [0, 0.05) is 34.1 Å². The lowest BCUT2D eigenvalue weighted by molar-refractivity contribution is 0.546. The molecule has 0 bridgehead atoms. The number of benzene rings is 6. The first-order chi connectivity index (χ1) is 25.3. The molecule has 0 radical (unpaired) electrons. The van der Waals surface area contributed by atoms with Crippen molar-refractivity contribution in [3.8, 4) is 56.4 Å². The quantitative estimate of drug-likeness (QED) is 0.185. The Bertz CT molecular complexity index is 2680. The van der Waals surface area contributed by atoms with Crippen LogP contribution in [-0.4, -0.2) is 15.0 Å². The molecule has 10 rings (SSSR count). The molecular weight excluding hydrogens is 623 g/mol. The summed E-state index contributed by atoms with van der Waals surface area (Å²) in [7, 11) is 0. The minimum Gasteiger partial charge on any atom is -0.460 e. The van der Waals surface area contributed by atoms with Crippen molar-refractivity contribution in [1.82, 2.24) is 15.0 Å². The number of fused-ring (bicyclic) bond motifs is 5. The monoisotopic (exact) mass is 655 g/mol. The van der Waals surface area contributed by atoms with Crippen LogP contribution in [0.15, 0.2) is 144 Å². The lowest BCUT2D eigenvalue weighted by Gasteiger charge is -2.19. The van der Waals surface area contributed by atoms with E-state index in [4.69, 9.17) is 19.4 Å². The molecule has 8 aromatic rings. The van der Waals surface area contributed by atoms with Crippen LogP contribution in [0.4, 0.5) is 0 Å². The summed E-state index contributed by atoms with van der Waals surface area (Å²) >= 11 is 0. The zero-order valence-electron chi connectivity index (χ0n) is 28.0. The van der Waals surface area contributed by atoms with E-state index in [1.54, 1.807) is 0 Å². The Morgan fingerprint density at radius 1 is 0.490 bits per heavy atom. The van der Waals surface area contributed by atoms with Crippen LogP contribution in [0.25, 0.3) is 90.3 Å². The number of hydrogen-bond donors (Lipinski definition) is 0. The van der Waals surface area contributed by atoms with Crippen LogP contribution in [0.2, 0.25) is 0 Å². The van der Waals surface area contributed by atoms with Gasteiger partial charge in [-0.05, 0) is 81.6 Å². The van der Waals surface area contributed by atoms with Crippen LogP contribution in [0.1, 0.15) is 35.3 Å². The lowest BCUT2D eigenvalue weighted by Crippen LogP contribution is -2.03. The molecule has 0 spiro atoms. The van der Waals surface area contributed by atoms with Crippen LogP contribution >= 0.6 is 0 Å². The first-order valence-corrected chi connectivity index (χ1v) is 17.7. The average molecular weight is 656 g/mol. The summed E-state index contributed by atoms with van der Waals surface area (Å²) < 4.78 is 6.40. The highest BCUT2D eigenvalue weighted by atomic mass is 16.3. The van der Waals surface area contributed by atoms with Crippen molar-refractivity contribution in [2.75, 3.05) is 0 Å². The average Bonchev–Trinajstić information content (AvgIpc) is 3.60. The van der Waals surface area contributed by atoms with Gasteiger partial charge in [-0.15, -0.1) is 0 Å². The van der Waals surface area contributed by atoms with E-state index in [0.717, 1.165) is 59.3 Å². The molecule has 0 N–H and O–H groups in total. The van der Waals surface area contributed by atoms with E-state index in [0.29, 0.717) is 17.5 Å². The summed E-state index contributed by atoms with van der Waals surface area (Å²) in [5.74, 6) is 3.03. The van der Waals surface area contributed by atoms with E-state index < -0.39 is 0 Å². The zero-order valence-corrected chi connectivity index (χ0v) is 28.0. The summed E-state index contributed by atoms with van der Waals surface area (Å²) in [5.41, 5.74) is 12.3. The molecule has 242 valence electrons. The number of aromatic nitrogens is 3. The van der Waals surface area contributed by atoms with Crippen molar-refractivity contribution in [3.05, 3.63) is 162 Å². The minimum absolute atomic E-state index is 0.647. The Labute approximate surface area is 296 Å². The van der Waals surface area contributed by atoms with Gasteiger partial charge in [0.2, 0.25) is 0 Å². The zero-order chi connectivity index (χ0) is 33.7. The smallest absolute Gasteiger partial charge is 0.164 e. The van der Waals surface area contributed by atoms with Crippen molar-refractivity contribution < 1.29 is 4.42 Å². The van der Waals surface area contributed by atoms with Gasteiger partial charge in [-0.2, -0.15) is 0 Å². The topological polar surface area (TPSA) is 51.8 Å². The standard InChI is InChI=1S/C47H33N3O/c1-2-13-32(14-3-1)45-48-46(33-26-24-31(25-27-33)37-20-10-16-30-12-4-6-17-36(30)37)50-47(49-45)35-28-34-15-5-7-18-38(34)41(29-35)39-21-11-23-43-44(39)40-19-8-9-22-42(40)51-43/h1-6,8,10-17,19-21,23-29H,7,9,18,22H2. The normalized spacial score (nSPS) is 13.4. The first-order valence-electron chi connectivity index (χ1n) is 17.7. The second kappa shape index (κ2) is 12.2. The molecular formula is C47H33N3O. The molecule has 0 fully saturated rings. The largest absolute Gasteiger partial charge is 0.460 e. The molecule has 2 aliphatic carbocycles. The van der Waals surface area contributed by atoms with E-state index in [2.05, 4.69) is 133 Å². The third-order valence-electron chi connectivity index (χ3n) is 10.3. The Morgan fingerprint density at radius 3 is 2.02 bits per heavy atom. The maximum absolute atomic E-state index is 6.40.